The van der Waals surface area contributed by atoms with E-state index in [-0.39, 0.29) is 23.1 Å². The summed E-state index contributed by atoms with van der Waals surface area (Å²) in [6, 6.07) is 11.1. The number of benzene rings is 2. The van der Waals surface area contributed by atoms with Crippen LogP contribution in [0.15, 0.2) is 42.5 Å². The van der Waals surface area contributed by atoms with Gasteiger partial charge in [-0.15, -0.1) is 0 Å². The number of para-hydroxylation sites is 2. The Morgan fingerprint density at radius 1 is 1.04 bits per heavy atom. The van der Waals surface area contributed by atoms with Gasteiger partial charge < -0.3 is 10.6 Å². The summed E-state index contributed by atoms with van der Waals surface area (Å²) in [6.07, 6.45) is 0. The van der Waals surface area contributed by atoms with Crippen LogP contribution < -0.4 is 10.6 Å². The van der Waals surface area contributed by atoms with Crippen LogP contribution in [0, 0.1) is 23.0 Å². The molecule has 0 heterocycles. The molecule has 0 bridgehead atoms. The lowest BCUT2D eigenvalue weighted by atomic mass is 10.1. The van der Waals surface area contributed by atoms with Crippen LogP contribution >= 0.6 is 0 Å². The van der Waals surface area contributed by atoms with Gasteiger partial charge in [-0.2, -0.15) is 0 Å². The molecular weight excluding hydrogens is 334 g/mol. The maximum absolute atomic E-state index is 12.6. The lowest BCUT2D eigenvalue weighted by Gasteiger charge is -2.13. The quantitative estimate of drug-likeness (QED) is 0.611. The summed E-state index contributed by atoms with van der Waals surface area (Å²) in [5.41, 5.74) is 0.705. The van der Waals surface area contributed by atoms with Crippen molar-refractivity contribution >= 4 is 23.2 Å². The minimum absolute atomic E-state index is 0.0487. The summed E-state index contributed by atoms with van der Waals surface area (Å²) < 4.78 is 0. The molecule has 0 atom stereocenters. The molecule has 136 valence electrons. The van der Waals surface area contributed by atoms with Gasteiger partial charge in [-0.3, -0.25) is 19.7 Å². The Labute approximate surface area is 151 Å². The SMILES string of the molecule is Cc1cccc(C(=O)Nc2ccccc2C(=O)NCC(C)C)c1[N+](=O)[O-]. The minimum atomic E-state index is -0.635. The molecular formula is C19H21N3O4. The van der Waals surface area contributed by atoms with E-state index >= 15 is 0 Å². The first-order valence-corrected chi connectivity index (χ1v) is 8.23. The van der Waals surface area contributed by atoms with Gasteiger partial charge in [-0.1, -0.05) is 38.1 Å². The Kier molecular flexibility index (Phi) is 6.06. The van der Waals surface area contributed by atoms with Crippen molar-refractivity contribution in [3.63, 3.8) is 0 Å². The van der Waals surface area contributed by atoms with Crippen LogP contribution in [-0.2, 0) is 0 Å². The lowest BCUT2D eigenvalue weighted by molar-refractivity contribution is -0.385. The fourth-order valence-electron chi connectivity index (χ4n) is 2.46. The molecule has 7 nitrogen and oxygen atoms in total. The normalized spacial score (nSPS) is 10.5. The van der Waals surface area contributed by atoms with Gasteiger partial charge in [0.15, 0.2) is 0 Å². The zero-order valence-electron chi connectivity index (χ0n) is 14.9. The molecule has 0 saturated heterocycles. The van der Waals surface area contributed by atoms with Gasteiger partial charge in [-0.05, 0) is 31.0 Å². The molecule has 2 aromatic carbocycles. The summed E-state index contributed by atoms with van der Waals surface area (Å²) >= 11 is 0. The van der Waals surface area contributed by atoms with Crippen molar-refractivity contribution in [2.24, 2.45) is 5.92 Å². The molecule has 0 saturated carbocycles. The van der Waals surface area contributed by atoms with E-state index in [1.165, 1.54) is 6.07 Å². The van der Waals surface area contributed by atoms with Crippen LogP contribution in [0.2, 0.25) is 0 Å². The fraction of sp³-hybridized carbons (Fsp3) is 0.263. The summed E-state index contributed by atoms with van der Waals surface area (Å²) in [7, 11) is 0. The number of aryl methyl sites for hydroxylation is 1. The highest BCUT2D eigenvalue weighted by molar-refractivity contribution is 6.10. The zero-order chi connectivity index (χ0) is 19.3. The molecule has 2 rings (SSSR count). The molecule has 7 heteroatoms. The molecule has 0 aromatic heterocycles. The second kappa shape index (κ2) is 8.24. The van der Waals surface area contributed by atoms with Crippen LogP contribution in [0.5, 0.6) is 0 Å². The Morgan fingerprint density at radius 2 is 1.69 bits per heavy atom. The van der Waals surface area contributed by atoms with Gasteiger partial charge in [0.2, 0.25) is 0 Å². The summed E-state index contributed by atoms with van der Waals surface area (Å²) in [6.45, 7) is 6.03. The number of carbonyl (C=O) groups excluding carboxylic acids is 2. The number of nitrogens with zero attached hydrogens (tertiary/aromatic N) is 1. The molecule has 0 spiro atoms. The number of nitro benzene ring substituents is 1. The van der Waals surface area contributed by atoms with Gasteiger partial charge >= 0.3 is 0 Å². The topological polar surface area (TPSA) is 101 Å². The fourth-order valence-corrected chi connectivity index (χ4v) is 2.46. The summed E-state index contributed by atoms with van der Waals surface area (Å²) in [4.78, 5) is 35.6. The van der Waals surface area contributed by atoms with E-state index in [0.717, 1.165) is 0 Å². The van der Waals surface area contributed by atoms with E-state index in [4.69, 9.17) is 0 Å². The first kappa shape index (κ1) is 19.1. The molecule has 2 amide bonds. The van der Waals surface area contributed by atoms with Crippen LogP contribution in [0.1, 0.15) is 40.1 Å². The Morgan fingerprint density at radius 3 is 2.35 bits per heavy atom. The van der Waals surface area contributed by atoms with E-state index in [1.807, 2.05) is 13.8 Å². The summed E-state index contributed by atoms with van der Waals surface area (Å²) in [5, 5.41) is 16.7. The van der Waals surface area contributed by atoms with Crippen molar-refractivity contribution < 1.29 is 14.5 Å². The average Bonchev–Trinajstić information content (AvgIpc) is 2.59. The number of hydrogen-bond donors (Lipinski definition) is 2. The van der Waals surface area contributed by atoms with Gasteiger partial charge in [0.1, 0.15) is 5.56 Å². The molecule has 0 radical (unpaired) electrons. The third-order valence-electron chi connectivity index (χ3n) is 3.76. The molecule has 0 fully saturated rings. The van der Waals surface area contributed by atoms with Gasteiger partial charge in [-0.25, -0.2) is 0 Å². The molecule has 0 aliphatic carbocycles. The predicted octanol–water partition coefficient (Wildman–Crippen LogP) is 3.54. The zero-order valence-corrected chi connectivity index (χ0v) is 14.9. The van der Waals surface area contributed by atoms with E-state index in [9.17, 15) is 19.7 Å². The molecule has 26 heavy (non-hydrogen) atoms. The Balaban J connectivity index is 2.30. The van der Waals surface area contributed by atoms with Crippen molar-refractivity contribution in [2.75, 3.05) is 11.9 Å². The average molecular weight is 355 g/mol. The molecule has 0 unspecified atom stereocenters. The number of anilines is 1. The monoisotopic (exact) mass is 355 g/mol. The molecule has 2 aromatic rings. The smallest absolute Gasteiger partial charge is 0.285 e. The van der Waals surface area contributed by atoms with Crippen molar-refractivity contribution in [1.82, 2.24) is 5.32 Å². The van der Waals surface area contributed by atoms with E-state index in [1.54, 1.807) is 43.3 Å². The summed E-state index contributed by atoms with van der Waals surface area (Å²) in [5.74, 6) is -0.659. The van der Waals surface area contributed by atoms with Crippen LogP contribution in [0.25, 0.3) is 0 Å². The maximum Gasteiger partial charge on any atom is 0.285 e. The number of hydrogen-bond acceptors (Lipinski definition) is 4. The van der Waals surface area contributed by atoms with Crippen molar-refractivity contribution in [2.45, 2.75) is 20.8 Å². The van der Waals surface area contributed by atoms with Crippen molar-refractivity contribution in [3.8, 4) is 0 Å². The number of carbonyl (C=O) groups is 2. The highest BCUT2D eigenvalue weighted by Gasteiger charge is 2.23. The molecule has 2 N–H and O–H groups in total. The van der Waals surface area contributed by atoms with Crippen LogP contribution in [0.3, 0.4) is 0 Å². The number of amides is 2. The second-order valence-electron chi connectivity index (χ2n) is 6.33. The second-order valence-corrected chi connectivity index (χ2v) is 6.33. The van der Waals surface area contributed by atoms with Gasteiger partial charge in [0, 0.05) is 12.1 Å². The first-order chi connectivity index (χ1) is 12.3. The van der Waals surface area contributed by atoms with E-state index in [2.05, 4.69) is 10.6 Å². The Hall–Kier alpha value is -3.22. The predicted molar refractivity (Wildman–Crippen MR) is 99.4 cm³/mol. The highest BCUT2D eigenvalue weighted by Crippen LogP contribution is 2.25. The van der Waals surface area contributed by atoms with Crippen molar-refractivity contribution in [3.05, 3.63) is 69.3 Å². The van der Waals surface area contributed by atoms with Crippen LogP contribution in [0.4, 0.5) is 11.4 Å². The third kappa shape index (κ3) is 4.44. The maximum atomic E-state index is 12.6. The standard InChI is InChI=1S/C19H21N3O4/c1-12(2)11-20-18(23)14-8-4-5-10-16(14)21-19(24)15-9-6-7-13(3)17(15)22(25)26/h4-10,12H,11H2,1-3H3,(H,20,23)(H,21,24). The van der Waals surface area contributed by atoms with E-state index < -0.39 is 10.8 Å². The number of rotatable bonds is 6. The number of nitrogens with one attached hydrogen (secondary N) is 2. The lowest BCUT2D eigenvalue weighted by Crippen LogP contribution is -2.28. The van der Waals surface area contributed by atoms with Crippen molar-refractivity contribution in [1.29, 1.82) is 0 Å². The minimum Gasteiger partial charge on any atom is -0.352 e. The largest absolute Gasteiger partial charge is 0.352 e. The third-order valence-corrected chi connectivity index (χ3v) is 3.76. The molecule has 0 aliphatic rings. The Bertz CT molecular complexity index is 846. The molecule has 0 aliphatic heterocycles. The van der Waals surface area contributed by atoms with Gasteiger partial charge in [0.05, 0.1) is 16.2 Å². The number of nitro groups is 1. The first-order valence-electron chi connectivity index (χ1n) is 8.23. The van der Waals surface area contributed by atoms with Gasteiger partial charge in [0.25, 0.3) is 17.5 Å². The van der Waals surface area contributed by atoms with E-state index in [0.29, 0.717) is 23.4 Å². The van der Waals surface area contributed by atoms with Crippen LogP contribution in [-0.4, -0.2) is 23.3 Å². The highest BCUT2D eigenvalue weighted by atomic mass is 16.6.